The van der Waals surface area contributed by atoms with Gasteiger partial charge in [-0.05, 0) is 12.5 Å². The maximum absolute atomic E-state index is 11.8. The average Bonchev–Trinajstić information content (AvgIpc) is 3.14. The highest BCUT2D eigenvalue weighted by molar-refractivity contribution is 6.31. The van der Waals surface area contributed by atoms with E-state index in [4.69, 9.17) is 21.1 Å². The number of halogens is 1. The molecule has 3 N–H and O–H groups in total. The van der Waals surface area contributed by atoms with E-state index in [0.29, 0.717) is 37.5 Å². The largest absolute Gasteiger partial charge is 0.388 e. The number of aliphatic hydroxyl groups excluding tert-OH is 1. The molecule has 26 heavy (non-hydrogen) atoms. The van der Waals surface area contributed by atoms with Crippen LogP contribution >= 0.6 is 11.6 Å². The molecule has 0 spiro atoms. The van der Waals surface area contributed by atoms with Crippen LogP contribution in [0.15, 0.2) is 18.5 Å². The van der Waals surface area contributed by atoms with Gasteiger partial charge in [0, 0.05) is 49.0 Å². The molecule has 2 fully saturated rings. The number of fused-ring (bicyclic) bond motifs is 1. The quantitative estimate of drug-likeness (QED) is 0.621. The molecule has 0 bridgehead atoms. The molecule has 0 aromatic carbocycles. The van der Waals surface area contributed by atoms with Crippen LogP contribution in [0.1, 0.15) is 31.7 Å². The van der Waals surface area contributed by atoms with Crippen LogP contribution in [0, 0.1) is 0 Å². The third-order valence-corrected chi connectivity index (χ3v) is 5.14. The van der Waals surface area contributed by atoms with Gasteiger partial charge in [0.2, 0.25) is 5.91 Å². The Balaban J connectivity index is 1.42. The molecule has 1 aromatic heterocycles. The topological polar surface area (TPSA) is 92.7 Å². The van der Waals surface area contributed by atoms with Gasteiger partial charge < -0.3 is 25.2 Å². The minimum absolute atomic E-state index is 0.0159. The summed E-state index contributed by atoms with van der Waals surface area (Å²) in [5.41, 5.74) is 0.899. The summed E-state index contributed by atoms with van der Waals surface area (Å²) >= 11 is 6.10. The van der Waals surface area contributed by atoms with E-state index in [1.165, 1.54) is 0 Å². The molecule has 0 radical (unpaired) electrons. The van der Waals surface area contributed by atoms with Crippen LogP contribution in [0.4, 0.5) is 0 Å². The number of hydrogen-bond donors (Lipinski definition) is 3. The predicted molar refractivity (Wildman–Crippen MR) is 96.8 cm³/mol. The second-order valence-electron chi connectivity index (χ2n) is 6.81. The van der Waals surface area contributed by atoms with E-state index in [9.17, 15) is 9.90 Å². The summed E-state index contributed by atoms with van der Waals surface area (Å²) in [5.74, 6) is -0.0159. The van der Waals surface area contributed by atoms with Crippen LogP contribution in [0.5, 0.6) is 0 Å². The Morgan fingerprint density at radius 2 is 2.31 bits per heavy atom. The highest BCUT2D eigenvalue weighted by atomic mass is 35.5. The summed E-state index contributed by atoms with van der Waals surface area (Å²) in [4.78, 5) is 15.9. The average molecular weight is 384 g/mol. The molecule has 0 aliphatic carbocycles. The summed E-state index contributed by atoms with van der Waals surface area (Å²) in [5, 5.41) is 17.2. The molecule has 1 amide bonds. The first kappa shape index (κ1) is 19.5. The van der Waals surface area contributed by atoms with Gasteiger partial charge in [-0.15, -0.1) is 0 Å². The number of aromatic nitrogens is 1. The molecule has 5 atom stereocenters. The fourth-order valence-corrected chi connectivity index (χ4v) is 3.61. The number of hydrogen-bond acceptors (Lipinski definition) is 6. The van der Waals surface area contributed by atoms with Crippen molar-refractivity contribution >= 4 is 17.5 Å². The zero-order chi connectivity index (χ0) is 18.5. The number of aliphatic hydroxyl groups is 1. The van der Waals surface area contributed by atoms with E-state index < -0.39 is 6.10 Å². The predicted octanol–water partition coefficient (Wildman–Crippen LogP) is 1.03. The van der Waals surface area contributed by atoms with E-state index in [0.717, 1.165) is 12.0 Å². The number of amides is 1. The Morgan fingerprint density at radius 1 is 1.46 bits per heavy atom. The van der Waals surface area contributed by atoms with Gasteiger partial charge >= 0.3 is 0 Å². The monoisotopic (exact) mass is 383 g/mol. The molecule has 2 aliphatic heterocycles. The van der Waals surface area contributed by atoms with E-state index in [1.54, 1.807) is 18.5 Å². The van der Waals surface area contributed by atoms with Gasteiger partial charge in [-0.2, -0.15) is 0 Å². The number of ether oxygens (including phenoxy) is 2. The summed E-state index contributed by atoms with van der Waals surface area (Å²) in [6.07, 6.45) is 3.44. The Morgan fingerprint density at radius 3 is 3.04 bits per heavy atom. The van der Waals surface area contributed by atoms with Crippen molar-refractivity contribution in [3.63, 3.8) is 0 Å². The SMILES string of the molecule is CCCNC(=O)CC1CC2OC(CNCc3cnccc3Cl)C(O)C2O1. The molecule has 5 unspecified atom stereocenters. The molecule has 144 valence electrons. The van der Waals surface area contributed by atoms with Crippen LogP contribution in [0.2, 0.25) is 5.02 Å². The molecule has 2 aliphatic rings. The maximum Gasteiger partial charge on any atom is 0.222 e. The summed E-state index contributed by atoms with van der Waals surface area (Å²) in [7, 11) is 0. The number of carbonyl (C=O) groups excluding carboxylic acids is 1. The Labute approximate surface area is 158 Å². The normalized spacial score (nSPS) is 30.3. The van der Waals surface area contributed by atoms with Crippen molar-refractivity contribution < 1.29 is 19.4 Å². The van der Waals surface area contributed by atoms with Crippen molar-refractivity contribution in [2.24, 2.45) is 0 Å². The highest BCUT2D eigenvalue weighted by Crippen LogP contribution is 2.35. The van der Waals surface area contributed by atoms with Crippen molar-refractivity contribution in [2.45, 2.75) is 63.3 Å². The van der Waals surface area contributed by atoms with Gasteiger partial charge in [-0.1, -0.05) is 18.5 Å². The lowest BCUT2D eigenvalue weighted by molar-refractivity contribution is -0.124. The molecule has 3 rings (SSSR count). The lowest BCUT2D eigenvalue weighted by Gasteiger charge is -2.20. The van der Waals surface area contributed by atoms with E-state index >= 15 is 0 Å². The third-order valence-electron chi connectivity index (χ3n) is 4.77. The first-order valence-electron chi connectivity index (χ1n) is 9.13. The number of nitrogens with one attached hydrogen (secondary N) is 2. The van der Waals surface area contributed by atoms with Gasteiger partial charge in [0.1, 0.15) is 12.2 Å². The van der Waals surface area contributed by atoms with Crippen molar-refractivity contribution in [3.05, 3.63) is 29.0 Å². The second kappa shape index (κ2) is 9.10. The van der Waals surface area contributed by atoms with Gasteiger partial charge in [-0.3, -0.25) is 9.78 Å². The van der Waals surface area contributed by atoms with Crippen LogP contribution in [0.3, 0.4) is 0 Å². The van der Waals surface area contributed by atoms with Gasteiger partial charge in [0.25, 0.3) is 0 Å². The summed E-state index contributed by atoms with van der Waals surface area (Å²) in [6, 6.07) is 1.74. The van der Waals surface area contributed by atoms with E-state index in [2.05, 4.69) is 15.6 Å². The molecule has 3 heterocycles. The number of nitrogens with zero attached hydrogens (tertiary/aromatic N) is 1. The minimum Gasteiger partial charge on any atom is -0.388 e. The second-order valence-corrected chi connectivity index (χ2v) is 7.22. The van der Waals surface area contributed by atoms with Crippen LogP contribution < -0.4 is 10.6 Å². The van der Waals surface area contributed by atoms with Crippen LogP contribution in [-0.2, 0) is 20.8 Å². The Hall–Kier alpha value is -1.25. The zero-order valence-electron chi connectivity index (χ0n) is 14.9. The lowest BCUT2D eigenvalue weighted by Crippen LogP contribution is -2.39. The van der Waals surface area contributed by atoms with Gasteiger partial charge in [0.15, 0.2) is 0 Å². The summed E-state index contributed by atoms with van der Waals surface area (Å²) in [6.45, 7) is 3.73. The molecule has 0 saturated carbocycles. The molecule has 8 heteroatoms. The smallest absolute Gasteiger partial charge is 0.222 e. The van der Waals surface area contributed by atoms with Crippen molar-refractivity contribution in [2.75, 3.05) is 13.1 Å². The Kier molecular flexibility index (Phi) is 6.83. The number of pyridine rings is 1. The molecular weight excluding hydrogens is 358 g/mol. The van der Waals surface area contributed by atoms with Crippen molar-refractivity contribution in [3.8, 4) is 0 Å². The molecule has 7 nitrogen and oxygen atoms in total. The number of rotatable bonds is 8. The highest BCUT2D eigenvalue weighted by Gasteiger charge is 2.50. The molecule has 2 saturated heterocycles. The van der Waals surface area contributed by atoms with Crippen molar-refractivity contribution in [1.82, 2.24) is 15.6 Å². The van der Waals surface area contributed by atoms with Gasteiger partial charge in [0.05, 0.1) is 24.7 Å². The number of carbonyl (C=O) groups is 1. The first-order chi connectivity index (χ1) is 12.6. The van der Waals surface area contributed by atoms with Crippen molar-refractivity contribution in [1.29, 1.82) is 0 Å². The van der Waals surface area contributed by atoms with Gasteiger partial charge in [-0.25, -0.2) is 0 Å². The molecular formula is C18H26ClN3O4. The molecule has 1 aromatic rings. The minimum atomic E-state index is -0.708. The third kappa shape index (κ3) is 4.72. The van der Waals surface area contributed by atoms with Crippen LogP contribution in [-0.4, -0.2) is 59.6 Å². The standard InChI is InChI=1S/C18H26ClN3O4/c1-2-4-22-16(23)7-12-6-14-18(25-12)17(24)15(26-14)10-21-9-11-8-20-5-3-13(11)19/h3,5,8,12,14-15,17-18,21,24H,2,4,6-7,9-10H2,1H3,(H,22,23). The van der Waals surface area contributed by atoms with Crippen LogP contribution in [0.25, 0.3) is 0 Å². The van der Waals surface area contributed by atoms with E-state index in [1.807, 2.05) is 6.92 Å². The zero-order valence-corrected chi connectivity index (χ0v) is 15.6. The summed E-state index contributed by atoms with van der Waals surface area (Å²) < 4.78 is 11.8. The fraction of sp³-hybridized carbons (Fsp3) is 0.667. The fourth-order valence-electron chi connectivity index (χ4n) is 3.44. The lowest BCUT2D eigenvalue weighted by atomic mass is 10.1. The first-order valence-corrected chi connectivity index (χ1v) is 9.51. The maximum atomic E-state index is 11.8. The van der Waals surface area contributed by atoms with E-state index in [-0.39, 0.29) is 30.3 Å². The Bertz CT molecular complexity index is 618.